The maximum absolute atomic E-state index is 12.2. The first-order valence-corrected chi connectivity index (χ1v) is 9.94. The normalized spacial score (nSPS) is 11.3. The number of amides is 1. The summed E-state index contributed by atoms with van der Waals surface area (Å²) in [5, 5.41) is 7.92. The Morgan fingerprint density at radius 3 is 2.22 bits per heavy atom. The van der Waals surface area contributed by atoms with Crippen LogP contribution in [0.3, 0.4) is 0 Å². The molecule has 27 heavy (non-hydrogen) atoms. The first kappa shape index (κ1) is 18.9. The lowest BCUT2D eigenvalue weighted by Gasteiger charge is -2.07. The average Bonchev–Trinajstić information content (AvgIpc) is 3.08. The van der Waals surface area contributed by atoms with Crippen molar-refractivity contribution >= 4 is 15.9 Å². The number of benzene rings is 2. The molecule has 1 heterocycles. The van der Waals surface area contributed by atoms with Gasteiger partial charge in [0.15, 0.2) is 0 Å². The summed E-state index contributed by atoms with van der Waals surface area (Å²) in [6.07, 6.45) is 0.584. The molecule has 0 radical (unpaired) electrons. The third-order valence-electron chi connectivity index (χ3n) is 4.12. The molecule has 0 aliphatic rings. The number of rotatable bonds is 6. The highest BCUT2D eigenvalue weighted by atomic mass is 32.2. The minimum Gasteiger partial charge on any atom is -0.461 e. The molecule has 3 aromatic rings. The van der Waals surface area contributed by atoms with Gasteiger partial charge in [0.2, 0.25) is 10.0 Å². The smallest absolute Gasteiger partial charge is 0.251 e. The van der Waals surface area contributed by atoms with Crippen molar-refractivity contribution in [1.29, 1.82) is 0 Å². The third kappa shape index (κ3) is 4.84. The molecule has 0 bridgehead atoms. The summed E-state index contributed by atoms with van der Waals surface area (Å²) in [5.74, 6) is 1.43. The summed E-state index contributed by atoms with van der Waals surface area (Å²) in [4.78, 5) is 12.3. The quantitative estimate of drug-likeness (QED) is 0.682. The van der Waals surface area contributed by atoms with E-state index in [4.69, 9.17) is 9.56 Å². The van der Waals surface area contributed by atoms with Crippen molar-refractivity contribution in [2.24, 2.45) is 5.14 Å². The Hall–Kier alpha value is -2.90. The molecule has 0 atom stereocenters. The Morgan fingerprint density at radius 1 is 1.00 bits per heavy atom. The van der Waals surface area contributed by atoms with Crippen LogP contribution in [-0.2, 0) is 16.4 Å². The number of hydrogen-bond donors (Lipinski definition) is 2. The maximum Gasteiger partial charge on any atom is 0.251 e. The van der Waals surface area contributed by atoms with Gasteiger partial charge in [-0.3, -0.25) is 4.79 Å². The first-order chi connectivity index (χ1) is 12.8. The minimum absolute atomic E-state index is 0.0714. The predicted octanol–water partition coefficient (Wildman–Crippen LogP) is 2.87. The average molecular weight is 384 g/mol. The lowest BCUT2D eigenvalue weighted by Crippen LogP contribution is -2.25. The van der Waals surface area contributed by atoms with E-state index in [1.165, 1.54) is 12.1 Å². The fourth-order valence-electron chi connectivity index (χ4n) is 2.64. The van der Waals surface area contributed by atoms with Crippen LogP contribution in [0.4, 0.5) is 0 Å². The molecule has 6 nitrogen and oxygen atoms in total. The minimum atomic E-state index is -3.69. The Labute approximate surface area is 158 Å². The second-order valence-corrected chi connectivity index (χ2v) is 7.74. The van der Waals surface area contributed by atoms with E-state index in [2.05, 4.69) is 5.32 Å². The summed E-state index contributed by atoms with van der Waals surface area (Å²) in [6.45, 7) is 2.32. The lowest BCUT2D eigenvalue weighted by atomic mass is 10.1. The zero-order valence-corrected chi connectivity index (χ0v) is 15.6. The van der Waals surface area contributed by atoms with E-state index >= 15 is 0 Å². The van der Waals surface area contributed by atoms with Gasteiger partial charge in [0.1, 0.15) is 11.5 Å². The third-order valence-corrected chi connectivity index (χ3v) is 5.05. The summed E-state index contributed by atoms with van der Waals surface area (Å²) in [7, 11) is -3.69. The van der Waals surface area contributed by atoms with E-state index in [9.17, 15) is 13.2 Å². The van der Waals surface area contributed by atoms with E-state index in [-0.39, 0.29) is 10.8 Å². The van der Waals surface area contributed by atoms with E-state index in [0.717, 1.165) is 22.6 Å². The molecule has 0 unspecified atom stereocenters. The standard InChI is InChI=1S/C20H20N2O4S/c1-14-2-11-19(26-14)16-5-7-17(8-6-16)20(23)22-13-12-15-3-9-18(10-4-15)27(21,24)25/h2-11H,12-13H2,1H3,(H,22,23)(H2,21,24,25). The van der Waals surface area contributed by atoms with Crippen molar-refractivity contribution in [2.45, 2.75) is 18.2 Å². The van der Waals surface area contributed by atoms with Crippen molar-refractivity contribution in [2.75, 3.05) is 6.54 Å². The molecular weight excluding hydrogens is 364 g/mol. The molecule has 0 saturated carbocycles. The van der Waals surface area contributed by atoms with Crippen LogP contribution < -0.4 is 10.5 Å². The van der Waals surface area contributed by atoms with Gasteiger partial charge in [0.25, 0.3) is 5.91 Å². The maximum atomic E-state index is 12.2. The molecule has 2 aromatic carbocycles. The van der Waals surface area contributed by atoms with Crippen LogP contribution in [0, 0.1) is 6.92 Å². The largest absolute Gasteiger partial charge is 0.461 e. The Bertz CT molecular complexity index is 1040. The molecule has 3 rings (SSSR count). The van der Waals surface area contributed by atoms with Gasteiger partial charge in [-0.1, -0.05) is 24.3 Å². The fourth-order valence-corrected chi connectivity index (χ4v) is 3.16. The molecule has 1 amide bonds. The van der Waals surface area contributed by atoms with Crippen LogP contribution in [0.2, 0.25) is 0 Å². The highest BCUT2D eigenvalue weighted by Crippen LogP contribution is 2.22. The predicted molar refractivity (Wildman–Crippen MR) is 103 cm³/mol. The summed E-state index contributed by atoms with van der Waals surface area (Å²) in [5.41, 5.74) is 2.38. The molecule has 1 aromatic heterocycles. The molecule has 0 spiro atoms. The van der Waals surface area contributed by atoms with Crippen molar-refractivity contribution in [3.8, 4) is 11.3 Å². The van der Waals surface area contributed by atoms with Gasteiger partial charge in [-0.2, -0.15) is 0 Å². The van der Waals surface area contributed by atoms with Crippen LogP contribution in [0.1, 0.15) is 21.7 Å². The molecule has 0 saturated heterocycles. The molecular formula is C20H20N2O4S. The number of furan rings is 1. The van der Waals surface area contributed by atoms with Gasteiger partial charge < -0.3 is 9.73 Å². The molecule has 0 aliphatic carbocycles. The SMILES string of the molecule is Cc1ccc(-c2ccc(C(=O)NCCc3ccc(S(N)(=O)=O)cc3)cc2)o1. The van der Waals surface area contributed by atoms with Crippen LogP contribution in [0.5, 0.6) is 0 Å². The number of sulfonamides is 1. The zero-order chi connectivity index (χ0) is 19.4. The van der Waals surface area contributed by atoms with Crippen molar-refractivity contribution < 1.29 is 17.6 Å². The highest BCUT2D eigenvalue weighted by Gasteiger charge is 2.09. The van der Waals surface area contributed by atoms with Gasteiger partial charge in [-0.05, 0) is 55.3 Å². The molecule has 3 N–H and O–H groups in total. The number of nitrogens with one attached hydrogen (secondary N) is 1. The molecule has 7 heteroatoms. The highest BCUT2D eigenvalue weighted by molar-refractivity contribution is 7.89. The van der Waals surface area contributed by atoms with E-state index in [1.807, 2.05) is 31.2 Å². The second kappa shape index (κ2) is 7.77. The fraction of sp³-hybridized carbons (Fsp3) is 0.150. The van der Waals surface area contributed by atoms with Crippen LogP contribution >= 0.6 is 0 Å². The van der Waals surface area contributed by atoms with E-state index in [1.54, 1.807) is 24.3 Å². The first-order valence-electron chi connectivity index (χ1n) is 8.40. The number of nitrogens with two attached hydrogens (primary N) is 1. The molecule has 140 valence electrons. The van der Waals surface area contributed by atoms with Gasteiger partial charge in [0, 0.05) is 17.7 Å². The van der Waals surface area contributed by atoms with Crippen LogP contribution in [0.25, 0.3) is 11.3 Å². The summed E-state index contributed by atoms with van der Waals surface area (Å²) in [6, 6.07) is 17.3. The Balaban J connectivity index is 1.55. The summed E-state index contributed by atoms with van der Waals surface area (Å²) < 4.78 is 28.0. The van der Waals surface area contributed by atoms with Crippen molar-refractivity contribution in [3.05, 3.63) is 77.6 Å². The number of carbonyl (C=O) groups is 1. The second-order valence-electron chi connectivity index (χ2n) is 6.18. The van der Waals surface area contributed by atoms with Crippen molar-refractivity contribution in [1.82, 2.24) is 5.32 Å². The van der Waals surface area contributed by atoms with Gasteiger partial charge >= 0.3 is 0 Å². The van der Waals surface area contributed by atoms with Gasteiger partial charge in [0.05, 0.1) is 4.90 Å². The van der Waals surface area contributed by atoms with Gasteiger partial charge in [-0.25, -0.2) is 13.6 Å². The Kier molecular flexibility index (Phi) is 5.43. The number of hydrogen-bond acceptors (Lipinski definition) is 4. The molecule has 0 aliphatic heterocycles. The van der Waals surface area contributed by atoms with E-state index in [0.29, 0.717) is 18.5 Å². The van der Waals surface area contributed by atoms with Crippen molar-refractivity contribution in [3.63, 3.8) is 0 Å². The lowest BCUT2D eigenvalue weighted by molar-refractivity contribution is 0.0954. The zero-order valence-electron chi connectivity index (χ0n) is 14.8. The topological polar surface area (TPSA) is 102 Å². The monoisotopic (exact) mass is 384 g/mol. The Morgan fingerprint density at radius 2 is 1.67 bits per heavy atom. The van der Waals surface area contributed by atoms with Gasteiger partial charge in [-0.15, -0.1) is 0 Å². The molecule has 0 fully saturated rings. The summed E-state index contributed by atoms with van der Waals surface area (Å²) >= 11 is 0. The number of carbonyl (C=O) groups excluding carboxylic acids is 1. The van der Waals surface area contributed by atoms with E-state index < -0.39 is 10.0 Å². The van der Waals surface area contributed by atoms with Crippen LogP contribution in [-0.4, -0.2) is 20.9 Å². The van der Waals surface area contributed by atoms with Crippen LogP contribution in [0.15, 0.2) is 70.0 Å². The number of primary sulfonamides is 1. The number of aryl methyl sites for hydroxylation is 1.